The molecule has 0 spiro atoms. The summed E-state index contributed by atoms with van der Waals surface area (Å²) in [6.45, 7) is 0. The van der Waals surface area contributed by atoms with E-state index < -0.39 is 0 Å². The molecule has 56 valence electrons. The summed E-state index contributed by atoms with van der Waals surface area (Å²) < 4.78 is 0. The summed E-state index contributed by atoms with van der Waals surface area (Å²) in [6.07, 6.45) is 5.47. The molecule has 1 aliphatic rings. The van der Waals surface area contributed by atoms with Gasteiger partial charge < -0.3 is 10.5 Å². The normalized spacial score (nSPS) is 19.6. The quantitative estimate of drug-likeness (QED) is 0.561. The Hall–Kier alpha value is 0.184. The Morgan fingerprint density at radius 1 is 1.20 bits per heavy atom. The van der Waals surface area contributed by atoms with Crippen molar-refractivity contribution in [2.45, 2.75) is 32.1 Å². The van der Waals surface area contributed by atoms with Crippen LogP contribution in [0.3, 0.4) is 0 Å². The summed E-state index contributed by atoms with van der Waals surface area (Å²) >= 11 is 0. The molecule has 2 nitrogen and oxygen atoms in total. The predicted octanol–water partition coefficient (Wildman–Crippen LogP) is 2.14. The SMILES string of the molecule is [NH-]C(=O)C1CCCCC1.[Ti]. The smallest absolute Gasteiger partial charge is 0.0519 e. The number of carbonyl (C=O) groups is 1. The van der Waals surface area contributed by atoms with Gasteiger partial charge in [-0.3, -0.25) is 0 Å². The van der Waals surface area contributed by atoms with Crippen LogP contribution in [0.2, 0.25) is 0 Å². The van der Waals surface area contributed by atoms with Crippen LogP contribution in [-0.2, 0) is 26.5 Å². The molecule has 3 heteroatoms. The average molecular weight is 174 g/mol. The maximum absolute atomic E-state index is 10.5. The van der Waals surface area contributed by atoms with Gasteiger partial charge in [-0.1, -0.05) is 19.3 Å². The molecule has 0 aromatic heterocycles. The van der Waals surface area contributed by atoms with E-state index in [0.717, 1.165) is 25.7 Å². The van der Waals surface area contributed by atoms with Crippen molar-refractivity contribution in [2.24, 2.45) is 5.92 Å². The third-order valence-electron chi connectivity index (χ3n) is 1.98. The van der Waals surface area contributed by atoms with Gasteiger partial charge in [0.1, 0.15) is 0 Å². The largest absolute Gasteiger partial charge is 0.668 e. The molecule has 10 heavy (non-hydrogen) atoms. The molecule has 1 amide bonds. The molecule has 0 saturated heterocycles. The van der Waals surface area contributed by atoms with Crippen LogP contribution in [0.4, 0.5) is 0 Å². The molecule has 0 atom stereocenters. The molecule has 1 N–H and O–H groups in total. The summed E-state index contributed by atoms with van der Waals surface area (Å²) in [5.41, 5.74) is 6.83. The van der Waals surface area contributed by atoms with E-state index in [1.165, 1.54) is 6.42 Å². The zero-order chi connectivity index (χ0) is 6.69. The van der Waals surface area contributed by atoms with Crippen LogP contribution in [0.1, 0.15) is 32.1 Å². The van der Waals surface area contributed by atoms with Gasteiger partial charge in [-0.15, -0.1) is 0 Å². The second-order valence-electron chi connectivity index (χ2n) is 2.70. The molecule has 0 aromatic carbocycles. The molecule has 0 radical (unpaired) electrons. The summed E-state index contributed by atoms with van der Waals surface area (Å²) in [5, 5.41) is 0. The van der Waals surface area contributed by atoms with Gasteiger partial charge in [0.05, 0.1) is 5.91 Å². The maximum Gasteiger partial charge on any atom is 0.0519 e. The minimum atomic E-state index is -0.352. The molecule has 0 heterocycles. The molecule has 0 aliphatic heterocycles. The van der Waals surface area contributed by atoms with E-state index in [4.69, 9.17) is 5.73 Å². The van der Waals surface area contributed by atoms with Gasteiger partial charge in [0.25, 0.3) is 0 Å². The minimum Gasteiger partial charge on any atom is -0.668 e. The fourth-order valence-electron chi connectivity index (χ4n) is 1.36. The van der Waals surface area contributed by atoms with Gasteiger partial charge in [-0.05, 0) is 12.8 Å². The Morgan fingerprint density at radius 3 is 2.00 bits per heavy atom. The fraction of sp³-hybridized carbons (Fsp3) is 0.857. The zero-order valence-electron chi connectivity index (χ0n) is 6.02. The molecular formula is C7H12NOTi-. The Balaban J connectivity index is 0.000000810. The van der Waals surface area contributed by atoms with Crippen LogP contribution in [0.25, 0.3) is 5.73 Å². The van der Waals surface area contributed by atoms with Crippen LogP contribution in [-0.4, -0.2) is 5.91 Å². The van der Waals surface area contributed by atoms with Crippen molar-refractivity contribution < 1.29 is 26.5 Å². The summed E-state index contributed by atoms with van der Waals surface area (Å²) in [7, 11) is 0. The van der Waals surface area contributed by atoms with Crippen molar-refractivity contribution in [1.82, 2.24) is 0 Å². The topological polar surface area (TPSA) is 40.9 Å². The van der Waals surface area contributed by atoms with Gasteiger partial charge >= 0.3 is 0 Å². The summed E-state index contributed by atoms with van der Waals surface area (Å²) in [5.74, 6) is -0.270. The van der Waals surface area contributed by atoms with E-state index in [-0.39, 0.29) is 33.5 Å². The van der Waals surface area contributed by atoms with Crippen molar-refractivity contribution >= 4 is 5.91 Å². The molecule has 0 unspecified atom stereocenters. The first-order valence-corrected chi connectivity index (χ1v) is 3.56. The van der Waals surface area contributed by atoms with E-state index in [0.29, 0.717) is 0 Å². The first kappa shape index (κ1) is 10.2. The molecular weight excluding hydrogens is 162 g/mol. The number of carbonyl (C=O) groups excluding carboxylic acids is 1. The molecule has 0 aromatic rings. The Labute approximate surface area is 76.4 Å². The Morgan fingerprint density at radius 2 is 1.70 bits per heavy atom. The number of nitrogens with one attached hydrogen (secondary N) is 1. The van der Waals surface area contributed by atoms with E-state index in [9.17, 15) is 4.79 Å². The number of hydrogen-bond acceptors (Lipinski definition) is 1. The van der Waals surface area contributed by atoms with Crippen molar-refractivity contribution in [3.8, 4) is 0 Å². The fourth-order valence-corrected chi connectivity index (χ4v) is 1.36. The Bertz CT molecular complexity index is 110. The van der Waals surface area contributed by atoms with Crippen molar-refractivity contribution in [3.63, 3.8) is 0 Å². The molecule has 0 bridgehead atoms. The van der Waals surface area contributed by atoms with Crippen molar-refractivity contribution in [2.75, 3.05) is 0 Å². The van der Waals surface area contributed by atoms with Crippen LogP contribution in [0.15, 0.2) is 0 Å². The van der Waals surface area contributed by atoms with Crippen LogP contribution in [0.5, 0.6) is 0 Å². The van der Waals surface area contributed by atoms with Crippen molar-refractivity contribution in [3.05, 3.63) is 5.73 Å². The molecule has 1 aliphatic carbocycles. The van der Waals surface area contributed by atoms with Crippen LogP contribution < -0.4 is 0 Å². The number of rotatable bonds is 1. The van der Waals surface area contributed by atoms with Gasteiger partial charge in [0.2, 0.25) is 0 Å². The molecule has 1 fully saturated rings. The van der Waals surface area contributed by atoms with Gasteiger partial charge in [-0.25, -0.2) is 0 Å². The van der Waals surface area contributed by atoms with Gasteiger partial charge in [-0.2, -0.15) is 0 Å². The van der Waals surface area contributed by atoms with Crippen LogP contribution >= 0.6 is 0 Å². The third kappa shape index (κ3) is 2.85. The maximum atomic E-state index is 10.5. The Kier molecular flexibility index (Phi) is 5.01. The predicted molar refractivity (Wildman–Crippen MR) is 35.9 cm³/mol. The monoisotopic (exact) mass is 174 g/mol. The number of amides is 1. The minimum absolute atomic E-state index is 0. The summed E-state index contributed by atoms with van der Waals surface area (Å²) in [4.78, 5) is 10.5. The second-order valence-corrected chi connectivity index (χ2v) is 2.70. The summed E-state index contributed by atoms with van der Waals surface area (Å²) in [6, 6.07) is 0. The zero-order valence-corrected chi connectivity index (χ0v) is 7.58. The first-order chi connectivity index (χ1) is 4.30. The van der Waals surface area contributed by atoms with Gasteiger partial charge in [0.15, 0.2) is 0 Å². The van der Waals surface area contributed by atoms with E-state index in [1.807, 2.05) is 0 Å². The second kappa shape index (κ2) is 4.92. The van der Waals surface area contributed by atoms with E-state index in [1.54, 1.807) is 0 Å². The van der Waals surface area contributed by atoms with Crippen LogP contribution in [0, 0.1) is 5.92 Å². The van der Waals surface area contributed by atoms with E-state index in [2.05, 4.69) is 0 Å². The van der Waals surface area contributed by atoms with Crippen molar-refractivity contribution in [1.29, 1.82) is 0 Å². The number of hydrogen-bond donors (Lipinski definition) is 0. The molecule has 1 rings (SSSR count). The van der Waals surface area contributed by atoms with Gasteiger partial charge in [0, 0.05) is 27.6 Å². The molecule has 1 saturated carbocycles. The third-order valence-corrected chi connectivity index (χ3v) is 1.98. The first-order valence-electron chi connectivity index (χ1n) is 3.56. The standard InChI is InChI=1S/C7H13NO.Ti/c8-7(9)6-4-2-1-3-5-6;/h6H,1-5H2,(H2,8,9);/p-1. The average Bonchev–Trinajstić information content (AvgIpc) is 1.90. The van der Waals surface area contributed by atoms with E-state index >= 15 is 0 Å².